The first-order valence-electron chi connectivity index (χ1n) is 7.99. The number of amides is 1. The zero-order chi connectivity index (χ0) is 19.4. The second-order valence-corrected chi connectivity index (χ2v) is 7.59. The van der Waals surface area contributed by atoms with E-state index in [1.165, 1.54) is 23.1 Å². The van der Waals surface area contributed by atoms with Gasteiger partial charge in [-0.15, -0.1) is 16.8 Å². The lowest BCUT2D eigenvalue weighted by molar-refractivity contribution is -0.121. The van der Waals surface area contributed by atoms with Crippen LogP contribution in [0.25, 0.3) is 6.08 Å². The lowest BCUT2D eigenvalue weighted by atomic mass is 10.1. The van der Waals surface area contributed by atoms with Crippen molar-refractivity contribution in [3.63, 3.8) is 0 Å². The lowest BCUT2D eigenvalue weighted by Crippen LogP contribution is -2.29. The number of methoxy groups -OCH3 is 2. The fourth-order valence-electron chi connectivity index (χ4n) is 2.39. The molecule has 27 heavy (non-hydrogen) atoms. The number of hydrogen-bond acceptors (Lipinski definition) is 8. The summed E-state index contributed by atoms with van der Waals surface area (Å²) in [7, 11) is 3.18. The van der Waals surface area contributed by atoms with Gasteiger partial charge in [-0.1, -0.05) is 17.4 Å². The number of thioether (sulfide) groups is 1. The number of aryl methyl sites for hydroxylation is 1. The maximum absolute atomic E-state index is 12.9. The smallest absolute Gasteiger partial charge is 0.267 e. The molecule has 1 aromatic heterocycles. The van der Waals surface area contributed by atoms with Crippen LogP contribution in [0.15, 0.2) is 40.8 Å². The van der Waals surface area contributed by atoms with E-state index in [0.717, 1.165) is 10.6 Å². The molecular formula is C18H18N4O3S2. The number of ether oxygens (including phenoxy) is 2. The van der Waals surface area contributed by atoms with Crippen molar-refractivity contribution in [3.8, 4) is 11.5 Å². The number of aliphatic imine (C=N–C) groups is 1. The minimum atomic E-state index is -0.148. The zero-order valence-corrected chi connectivity index (χ0v) is 16.8. The Morgan fingerprint density at radius 1 is 1.30 bits per heavy atom. The van der Waals surface area contributed by atoms with Gasteiger partial charge in [-0.3, -0.25) is 9.69 Å². The summed E-state index contributed by atoms with van der Waals surface area (Å²) in [6.45, 7) is 5.94. The molecule has 140 valence electrons. The molecule has 0 bridgehead atoms. The summed E-state index contributed by atoms with van der Waals surface area (Å²) in [5.74, 6) is 1.18. The van der Waals surface area contributed by atoms with Crippen LogP contribution >= 0.6 is 23.1 Å². The third-order valence-corrected chi connectivity index (χ3v) is 5.37. The average molecular weight is 403 g/mol. The van der Waals surface area contributed by atoms with E-state index in [-0.39, 0.29) is 5.91 Å². The highest BCUT2D eigenvalue weighted by atomic mass is 32.2. The van der Waals surface area contributed by atoms with E-state index in [1.807, 2.05) is 13.0 Å². The van der Waals surface area contributed by atoms with E-state index >= 15 is 0 Å². The summed E-state index contributed by atoms with van der Waals surface area (Å²) >= 11 is 2.65. The average Bonchev–Trinajstić information content (AvgIpc) is 3.20. The number of aromatic nitrogens is 2. The first-order valence-corrected chi connectivity index (χ1v) is 9.62. The van der Waals surface area contributed by atoms with Crippen LogP contribution in [0.3, 0.4) is 0 Å². The van der Waals surface area contributed by atoms with E-state index < -0.39 is 0 Å². The summed E-state index contributed by atoms with van der Waals surface area (Å²) in [5.41, 5.74) is 0.749. The molecule has 0 atom stereocenters. The number of nitrogens with zero attached hydrogens (tertiary/aromatic N) is 4. The first kappa shape index (κ1) is 19.1. The van der Waals surface area contributed by atoms with E-state index in [4.69, 9.17) is 9.47 Å². The van der Waals surface area contributed by atoms with Crippen LogP contribution in [0.2, 0.25) is 0 Å². The Balaban J connectivity index is 1.99. The second kappa shape index (κ2) is 8.36. The van der Waals surface area contributed by atoms with Crippen molar-refractivity contribution in [3.05, 3.63) is 46.3 Å². The molecule has 3 rings (SSSR count). The predicted octanol–water partition coefficient (Wildman–Crippen LogP) is 3.65. The summed E-state index contributed by atoms with van der Waals surface area (Å²) in [4.78, 5) is 19.4. The minimum absolute atomic E-state index is 0.148. The van der Waals surface area contributed by atoms with Crippen molar-refractivity contribution in [1.29, 1.82) is 0 Å². The van der Waals surface area contributed by atoms with E-state index in [9.17, 15) is 4.79 Å². The number of amidine groups is 1. The molecule has 0 radical (unpaired) electrons. The molecule has 0 saturated carbocycles. The van der Waals surface area contributed by atoms with Gasteiger partial charge in [-0.25, -0.2) is 0 Å². The zero-order valence-electron chi connectivity index (χ0n) is 15.1. The van der Waals surface area contributed by atoms with Gasteiger partial charge in [0.1, 0.15) is 16.5 Å². The Hall–Kier alpha value is -2.65. The Morgan fingerprint density at radius 2 is 2.11 bits per heavy atom. The molecular weight excluding hydrogens is 384 g/mol. The highest BCUT2D eigenvalue weighted by Crippen LogP contribution is 2.36. The molecule has 9 heteroatoms. The highest BCUT2D eigenvalue weighted by Gasteiger charge is 2.33. The van der Waals surface area contributed by atoms with Gasteiger partial charge in [0.25, 0.3) is 5.91 Å². The molecule has 0 aliphatic carbocycles. The lowest BCUT2D eigenvalue weighted by Gasteiger charge is -2.11. The van der Waals surface area contributed by atoms with Crippen LogP contribution in [0.5, 0.6) is 11.5 Å². The van der Waals surface area contributed by atoms with Crippen molar-refractivity contribution in [2.24, 2.45) is 4.99 Å². The first-order chi connectivity index (χ1) is 13.0. The van der Waals surface area contributed by atoms with Gasteiger partial charge < -0.3 is 9.47 Å². The van der Waals surface area contributed by atoms with Crippen molar-refractivity contribution < 1.29 is 14.3 Å². The molecule has 1 aliphatic rings. The van der Waals surface area contributed by atoms with Crippen LogP contribution in [0.4, 0.5) is 5.13 Å². The number of benzene rings is 1. The van der Waals surface area contributed by atoms with Gasteiger partial charge in [0, 0.05) is 12.1 Å². The van der Waals surface area contributed by atoms with E-state index in [1.54, 1.807) is 43.4 Å². The van der Waals surface area contributed by atoms with Gasteiger partial charge in [-0.2, -0.15) is 4.99 Å². The monoisotopic (exact) mass is 402 g/mol. The largest absolute Gasteiger partial charge is 0.497 e. The summed E-state index contributed by atoms with van der Waals surface area (Å²) in [5, 5.41) is 9.84. The molecule has 1 fully saturated rings. The topological polar surface area (TPSA) is 76.9 Å². The van der Waals surface area contributed by atoms with Crippen molar-refractivity contribution in [1.82, 2.24) is 15.1 Å². The highest BCUT2D eigenvalue weighted by molar-refractivity contribution is 8.18. The molecule has 1 saturated heterocycles. The fourth-order valence-corrected chi connectivity index (χ4v) is 3.99. The minimum Gasteiger partial charge on any atom is -0.497 e. The van der Waals surface area contributed by atoms with Crippen molar-refractivity contribution in [2.75, 3.05) is 20.8 Å². The SMILES string of the molecule is C=CCN1C(=O)/C(=C/c2cc(OC)ccc2OC)S/C1=N/c1nnc(C)s1. The summed E-state index contributed by atoms with van der Waals surface area (Å²) < 4.78 is 10.7. The molecule has 2 aromatic rings. The molecule has 1 amide bonds. The van der Waals surface area contributed by atoms with Crippen LogP contribution in [-0.4, -0.2) is 46.9 Å². The summed E-state index contributed by atoms with van der Waals surface area (Å²) in [6.07, 6.45) is 3.44. The Morgan fingerprint density at radius 3 is 2.74 bits per heavy atom. The van der Waals surface area contributed by atoms with Gasteiger partial charge in [-0.05, 0) is 43.0 Å². The molecule has 1 aliphatic heterocycles. The Bertz CT molecular complexity index is 936. The quantitative estimate of drug-likeness (QED) is 0.542. The van der Waals surface area contributed by atoms with E-state index in [0.29, 0.717) is 33.2 Å². The maximum Gasteiger partial charge on any atom is 0.267 e. The number of rotatable bonds is 6. The predicted molar refractivity (Wildman–Crippen MR) is 109 cm³/mol. The number of carbonyl (C=O) groups is 1. The van der Waals surface area contributed by atoms with Crippen molar-refractivity contribution >= 4 is 45.4 Å². The van der Waals surface area contributed by atoms with Gasteiger partial charge in [0.05, 0.1) is 19.1 Å². The number of hydrogen-bond donors (Lipinski definition) is 0. The summed E-state index contributed by atoms with van der Waals surface area (Å²) in [6, 6.07) is 5.43. The van der Waals surface area contributed by atoms with Gasteiger partial charge in [0.15, 0.2) is 5.17 Å². The van der Waals surface area contributed by atoms with Gasteiger partial charge >= 0.3 is 0 Å². The Labute approximate surface area is 165 Å². The number of carbonyl (C=O) groups excluding carboxylic acids is 1. The van der Waals surface area contributed by atoms with Crippen LogP contribution in [-0.2, 0) is 4.79 Å². The normalized spacial score (nSPS) is 17.0. The van der Waals surface area contributed by atoms with Crippen molar-refractivity contribution in [2.45, 2.75) is 6.92 Å². The molecule has 0 N–H and O–H groups in total. The van der Waals surface area contributed by atoms with E-state index in [2.05, 4.69) is 21.8 Å². The van der Waals surface area contributed by atoms with Crippen LogP contribution in [0.1, 0.15) is 10.6 Å². The third kappa shape index (κ3) is 4.20. The standard InChI is InChI=1S/C18H18N4O3S2/c1-5-8-22-16(23)15(27-18(22)19-17-21-20-11(2)26-17)10-12-9-13(24-3)6-7-14(12)25-4/h5-7,9-10H,1,8H2,2-4H3/b15-10-,19-18+. The molecule has 0 spiro atoms. The molecule has 0 unspecified atom stereocenters. The van der Waals surface area contributed by atoms with Crippen LogP contribution < -0.4 is 9.47 Å². The molecule has 7 nitrogen and oxygen atoms in total. The van der Waals surface area contributed by atoms with Crippen LogP contribution in [0, 0.1) is 6.92 Å². The maximum atomic E-state index is 12.9. The molecule has 1 aromatic carbocycles. The molecule has 2 heterocycles. The third-order valence-electron chi connectivity index (χ3n) is 3.63. The fraction of sp³-hybridized carbons (Fsp3) is 0.222. The second-order valence-electron chi connectivity index (χ2n) is 5.42. The van der Waals surface area contributed by atoms with Gasteiger partial charge in [0.2, 0.25) is 5.13 Å². The Kier molecular flexibility index (Phi) is 5.92.